The van der Waals surface area contributed by atoms with Crippen LogP contribution >= 0.6 is 0 Å². The number of rotatable bonds is 3. The highest BCUT2D eigenvalue weighted by Gasteiger charge is 2.32. The monoisotopic (exact) mass is 140 g/mol. The van der Waals surface area contributed by atoms with Crippen molar-refractivity contribution in [2.24, 2.45) is 0 Å². The van der Waals surface area contributed by atoms with Gasteiger partial charge in [0.2, 0.25) is 0 Å². The zero-order valence-corrected chi connectivity index (χ0v) is 5.37. The third-order valence-corrected chi connectivity index (χ3v) is 0.630. The molecule has 6 heteroatoms. The molecule has 0 saturated carbocycles. The molecule has 0 unspecified atom stereocenters. The Kier molecular flexibility index (Phi) is 3.13. The molecule has 0 aliphatic carbocycles. The average molecular weight is 140 g/mol. The van der Waals surface area contributed by atoms with Crippen LogP contribution in [0.25, 0.3) is 0 Å². The molecule has 0 aliphatic rings. The van der Waals surface area contributed by atoms with Crippen molar-refractivity contribution in [1.82, 2.24) is 0 Å². The normalized spacial score (nSPS) is 12.0. The Balaban J connectivity index is 3.11. The maximum Gasteiger partial charge on any atom is 0.699 e. The van der Waals surface area contributed by atoms with Crippen molar-refractivity contribution in [3.63, 3.8) is 0 Å². The van der Waals surface area contributed by atoms with E-state index in [-0.39, 0.29) is 6.61 Å². The summed E-state index contributed by atoms with van der Waals surface area (Å²) in [5.41, 5.74) is 0. The summed E-state index contributed by atoms with van der Waals surface area (Å²) in [5, 5.41) is 0. The predicted octanol–water partition coefficient (Wildman–Crippen LogP) is -1.63. The highest BCUT2D eigenvalue weighted by atomic mass is 28.4. The molecule has 0 saturated heterocycles. The minimum Gasteiger partial charge on any atom is -0.366 e. The Labute approximate surface area is 47.5 Å². The topological polar surface area (TPSA) is 79.2 Å². The van der Waals surface area contributed by atoms with Crippen LogP contribution in [-0.4, -0.2) is 30.0 Å². The second-order valence-electron chi connectivity index (χ2n) is 1.06. The van der Waals surface area contributed by atoms with E-state index in [4.69, 9.17) is 14.4 Å². The van der Waals surface area contributed by atoms with Crippen LogP contribution in [0.5, 0.6) is 0 Å². The molecule has 0 aromatic heterocycles. The Morgan fingerprint density at radius 2 is 1.88 bits per heavy atom. The van der Waals surface area contributed by atoms with Crippen LogP contribution in [0, 0.1) is 0 Å². The summed E-state index contributed by atoms with van der Waals surface area (Å²) in [6, 6.07) is 0. The van der Waals surface area contributed by atoms with E-state index in [1.807, 2.05) is 0 Å². The maximum atomic E-state index is 8.05. The van der Waals surface area contributed by atoms with Gasteiger partial charge >= 0.3 is 9.05 Å². The van der Waals surface area contributed by atoms with Crippen molar-refractivity contribution < 1.29 is 23.9 Å². The van der Waals surface area contributed by atoms with Gasteiger partial charge in [0.1, 0.15) is 0 Å². The predicted molar refractivity (Wildman–Crippen MR) is 25.1 cm³/mol. The molecule has 0 bridgehead atoms. The first-order valence-corrected chi connectivity index (χ1v) is 3.79. The summed E-state index contributed by atoms with van der Waals surface area (Å²) in [4.78, 5) is 28.2. The van der Waals surface area contributed by atoms with Crippen molar-refractivity contribution in [3.05, 3.63) is 0 Å². The molecule has 0 rings (SSSR count). The van der Waals surface area contributed by atoms with Gasteiger partial charge in [-0.15, -0.1) is 0 Å². The highest BCUT2D eigenvalue weighted by Crippen LogP contribution is 1.88. The lowest BCUT2D eigenvalue weighted by Crippen LogP contribution is -2.38. The van der Waals surface area contributed by atoms with Crippen LogP contribution in [-0.2, 0) is 9.46 Å². The molecule has 0 aliphatic heterocycles. The number of hydrogen-bond donors (Lipinski definition) is 3. The first-order valence-electron chi connectivity index (χ1n) is 2.04. The van der Waals surface area contributed by atoms with Gasteiger partial charge in [-0.1, -0.05) is 0 Å². The summed E-state index contributed by atoms with van der Waals surface area (Å²) in [6.45, 7) is 1.75. The zero-order valence-electron chi connectivity index (χ0n) is 4.37. The van der Waals surface area contributed by atoms with E-state index in [2.05, 4.69) is 9.46 Å². The Morgan fingerprint density at radius 3 is 2.00 bits per heavy atom. The van der Waals surface area contributed by atoms with E-state index in [1.165, 1.54) is 0 Å². The van der Waals surface area contributed by atoms with Gasteiger partial charge in [0.15, 0.2) is 0 Å². The summed E-state index contributed by atoms with van der Waals surface area (Å²) in [5.74, 6) is 0. The standard InChI is InChI=1S/C2H8O5Si/c1-2-6-7-8(3,4)5/h3-5H,2H2,1H3. The molecule has 0 fully saturated rings. The maximum absolute atomic E-state index is 8.05. The van der Waals surface area contributed by atoms with Gasteiger partial charge < -0.3 is 14.4 Å². The molecule has 5 nitrogen and oxygen atoms in total. The molecule has 0 amide bonds. The molecule has 3 N–H and O–H groups in total. The van der Waals surface area contributed by atoms with Crippen LogP contribution in [0.15, 0.2) is 0 Å². The molecular formula is C2H8O5Si. The van der Waals surface area contributed by atoms with Crippen LogP contribution < -0.4 is 0 Å². The van der Waals surface area contributed by atoms with Crippen molar-refractivity contribution in [3.8, 4) is 0 Å². The van der Waals surface area contributed by atoms with Gasteiger partial charge in [-0.25, -0.2) is 4.89 Å². The summed E-state index contributed by atoms with van der Waals surface area (Å²) in [7, 11) is -4.40. The smallest absolute Gasteiger partial charge is 0.366 e. The number of hydrogen-bond acceptors (Lipinski definition) is 5. The van der Waals surface area contributed by atoms with E-state index in [1.54, 1.807) is 6.92 Å². The summed E-state index contributed by atoms with van der Waals surface area (Å²) >= 11 is 0. The fourth-order valence-electron chi connectivity index (χ4n) is 0.138. The van der Waals surface area contributed by atoms with Gasteiger partial charge in [0.25, 0.3) is 0 Å². The van der Waals surface area contributed by atoms with Crippen molar-refractivity contribution >= 4 is 9.05 Å². The van der Waals surface area contributed by atoms with Gasteiger partial charge in [0, 0.05) is 0 Å². The van der Waals surface area contributed by atoms with E-state index in [0.717, 1.165) is 0 Å². The van der Waals surface area contributed by atoms with E-state index < -0.39 is 9.05 Å². The third kappa shape index (κ3) is 6.02. The first kappa shape index (κ1) is 8.02. The fourth-order valence-corrected chi connectivity index (χ4v) is 0.414. The highest BCUT2D eigenvalue weighted by molar-refractivity contribution is 6.48. The van der Waals surface area contributed by atoms with Crippen LogP contribution in [0.2, 0.25) is 0 Å². The third-order valence-electron chi connectivity index (χ3n) is 0.289. The lowest BCUT2D eigenvalue weighted by Gasteiger charge is -2.05. The van der Waals surface area contributed by atoms with Crippen molar-refractivity contribution in [1.29, 1.82) is 0 Å². The van der Waals surface area contributed by atoms with Gasteiger partial charge in [-0.2, -0.15) is 4.58 Å². The largest absolute Gasteiger partial charge is 0.699 e. The zero-order chi connectivity index (χ0) is 6.62. The Bertz CT molecular complexity index is 57.9. The molecule has 0 atom stereocenters. The molecular weight excluding hydrogens is 132 g/mol. The van der Waals surface area contributed by atoms with Crippen LogP contribution in [0.4, 0.5) is 0 Å². The molecule has 0 radical (unpaired) electrons. The Hall–Kier alpha value is 0.0169. The first-order chi connectivity index (χ1) is 3.56. The van der Waals surface area contributed by atoms with Gasteiger partial charge in [-0.3, -0.25) is 0 Å². The van der Waals surface area contributed by atoms with Crippen molar-refractivity contribution in [2.45, 2.75) is 6.92 Å². The van der Waals surface area contributed by atoms with Crippen molar-refractivity contribution in [2.75, 3.05) is 6.61 Å². The van der Waals surface area contributed by atoms with E-state index in [0.29, 0.717) is 0 Å². The second kappa shape index (κ2) is 3.12. The molecule has 0 spiro atoms. The lowest BCUT2D eigenvalue weighted by molar-refractivity contribution is -0.258. The molecule has 50 valence electrons. The van der Waals surface area contributed by atoms with Gasteiger partial charge in [-0.05, 0) is 6.92 Å². The molecule has 0 heterocycles. The van der Waals surface area contributed by atoms with Crippen LogP contribution in [0.3, 0.4) is 0 Å². The fraction of sp³-hybridized carbons (Fsp3) is 1.00. The average Bonchev–Trinajstić information content (AvgIpc) is 1.59. The lowest BCUT2D eigenvalue weighted by atomic mass is 10.9. The van der Waals surface area contributed by atoms with Gasteiger partial charge in [0.05, 0.1) is 6.61 Å². The molecule has 0 aromatic rings. The molecule has 0 aromatic carbocycles. The van der Waals surface area contributed by atoms with E-state index >= 15 is 0 Å². The summed E-state index contributed by atoms with van der Waals surface area (Å²) < 4.78 is 3.68. The van der Waals surface area contributed by atoms with E-state index in [9.17, 15) is 0 Å². The van der Waals surface area contributed by atoms with Crippen LogP contribution in [0.1, 0.15) is 6.92 Å². The Morgan fingerprint density at radius 1 is 1.38 bits per heavy atom. The SMILES string of the molecule is CCOO[Si](O)(O)O. The second-order valence-corrected chi connectivity index (χ2v) is 2.38. The molecule has 8 heavy (non-hydrogen) atoms. The minimum absolute atomic E-state index is 0.163. The summed E-state index contributed by atoms with van der Waals surface area (Å²) in [6.07, 6.45) is 0. The minimum atomic E-state index is -4.40. The quantitative estimate of drug-likeness (QED) is 0.249.